The zero-order chi connectivity index (χ0) is 39.2. The maximum absolute atomic E-state index is 5.25. The van der Waals surface area contributed by atoms with Crippen LogP contribution in [0.4, 0.5) is 0 Å². The predicted molar refractivity (Wildman–Crippen MR) is 240 cm³/mol. The molecule has 0 spiro atoms. The first kappa shape index (κ1) is 35.2. The quantitative estimate of drug-likeness (QED) is 0.163. The fraction of sp³-hybridized carbons (Fsp3) is 0.0727. The van der Waals surface area contributed by atoms with Crippen LogP contribution < -0.4 is 0 Å². The predicted octanol–water partition coefficient (Wildman–Crippen LogP) is 14.2. The highest BCUT2D eigenvalue weighted by atomic mass is 14.9. The molecule has 9 aromatic rings. The maximum atomic E-state index is 5.25. The van der Waals surface area contributed by atoms with Gasteiger partial charge in [-0.05, 0) is 111 Å². The van der Waals surface area contributed by atoms with Crippen molar-refractivity contribution < 1.29 is 0 Å². The van der Waals surface area contributed by atoms with Gasteiger partial charge in [-0.3, -0.25) is 4.98 Å². The summed E-state index contributed by atoms with van der Waals surface area (Å²) in [6.45, 7) is 6.69. The van der Waals surface area contributed by atoms with Gasteiger partial charge in [0.05, 0.1) is 17.1 Å². The van der Waals surface area contributed by atoms with E-state index in [1.54, 1.807) is 0 Å². The van der Waals surface area contributed by atoms with Gasteiger partial charge in [0.2, 0.25) is 0 Å². The number of hydrogen-bond donors (Lipinski definition) is 0. The minimum absolute atomic E-state index is 0.0607. The summed E-state index contributed by atoms with van der Waals surface area (Å²) in [5.74, 6) is 0.689. The van der Waals surface area contributed by atoms with Crippen LogP contribution in [0.5, 0.6) is 0 Å². The SMILES string of the molecule is Cc1cccc(-c2cccc(-c3ccc(-c4cc(-c5ccc6c(c5)-c5ccccc5C6(C)C)cc(-c5nc(-c6ccccc6)cc(-c6ccccc6)n5)c4)cc3)c2)n1. The second-order valence-electron chi connectivity index (χ2n) is 15.7. The second kappa shape index (κ2) is 14.4. The molecule has 0 aliphatic heterocycles. The Morgan fingerprint density at radius 3 is 1.50 bits per heavy atom. The highest BCUT2D eigenvalue weighted by Gasteiger charge is 2.35. The van der Waals surface area contributed by atoms with E-state index in [9.17, 15) is 0 Å². The first-order valence-corrected chi connectivity index (χ1v) is 19.9. The smallest absolute Gasteiger partial charge is 0.160 e. The molecule has 3 heteroatoms. The Hall–Kier alpha value is -7.23. The number of pyridine rings is 1. The van der Waals surface area contributed by atoms with Crippen LogP contribution >= 0.6 is 0 Å². The molecule has 0 saturated heterocycles. The molecule has 7 aromatic carbocycles. The van der Waals surface area contributed by atoms with E-state index in [1.165, 1.54) is 22.3 Å². The van der Waals surface area contributed by atoms with E-state index in [2.05, 4.69) is 190 Å². The van der Waals surface area contributed by atoms with Crippen LogP contribution in [-0.2, 0) is 5.41 Å². The fourth-order valence-corrected chi connectivity index (χ4v) is 8.50. The molecular formula is C55H41N3. The Morgan fingerprint density at radius 2 is 0.810 bits per heavy atom. The second-order valence-corrected chi connectivity index (χ2v) is 15.7. The molecule has 3 nitrogen and oxygen atoms in total. The van der Waals surface area contributed by atoms with Crippen LogP contribution in [-0.4, -0.2) is 15.0 Å². The van der Waals surface area contributed by atoms with E-state index < -0.39 is 0 Å². The Bertz CT molecular complexity index is 2910. The Kier molecular flexibility index (Phi) is 8.72. The summed E-state index contributed by atoms with van der Waals surface area (Å²) in [7, 11) is 0. The number of rotatable bonds is 7. The number of nitrogens with zero attached hydrogens (tertiary/aromatic N) is 3. The summed E-state index contributed by atoms with van der Waals surface area (Å²) in [5, 5.41) is 0. The van der Waals surface area contributed by atoms with Gasteiger partial charge in [-0.1, -0.05) is 159 Å². The number of fused-ring (bicyclic) bond motifs is 3. The van der Waals surface area contributed by atoms with Gasteiger partial charge >= 0.3 is 0 Å². The molecule has 0 radical (unpaired) electrons. The van der Waals surface area contributed by atoms with E-state index in [4.69, 9.17) is 15.0 Å². The monoisotopic (exact) mass is 743 g/mol. The molecule has 0 bridgehead atoms. The summed E-state index contributed by atoms with van der Waals surface area (Å²) in [5.41, 5.74) is 20.0. The van der Waals surface area contributed by atoms with Crippen molar-refractivity contribution in [1.29, 1.82) is 0 Å². The van der Waals surface area contributed by atoms with Gasteiger partial charge < -0.3 is 0 Å². The molecule has 276 valence electrons. The first-order valence-electron chi connectivity index (χ1n) is 19.9. The molecule has 0 fully saturated rings. The van der Waals surface area contributed by atoms with Crippen LogP contribution in [0.25, 0.3) is 89.7 Å². The lowest BCUT2D eigenvalue weighted by atomic mass is 9.82. The van der Waals surface area contributed by atoms with Crippen molar-refractivity contribution in [2.24, 2.45) is 0 Å². The summed E-state index contributed by atoms with van der Waals surface area (Å²) in [4.78, 5) is 15.3. The normalized spacial score (nSPS) is 12.5. The number of hydrogen-bond acceptors (Lipinski definition) is 3. The topological polar surface area (TPSA) is 38.7 Å². The summed E-state index contributed by atoms with van der Waals surface area (Å²) >= 11 is 0. The fourth-order valence-electron chi connectivity index (χ4n) is 8.50. The van der Waals surface area contributed by atoms with E-state index in [0.29, 0.717) is 5.82 Å². The van der Waals surface area contributed by atoms with Crippen molar-refractivity contribution in [2.75, 3.05) is 0 Å². The highest BCUT2D eigenvalue weighted by Crippen LogP contribution is 2.50. The highest BCUT2D eigenvalue weighted by molar-refractivity contribution is 5.87. The van der Waals surface area contributed by atoms with Crippen LogP contribution in [0.2, 0.25) is 0 Å². The minimum atomic E-state index is -0.0607. The van der Waals surface area contributed by atoms with Gasteiger partial charge in [0.15, 0.2) is 5.82 Å². The van der Waals surface area contributed by atoms with Crippen molar-refractivity contribution >= 4 is 0 Å². The van der Waals surface area contributed by atoms with Crippen molar-refractivity contribution in [1.82, 2.24) is 15.0 Å². The first-order chi connectivity index (χ1) is 28.4. The van der Waals surface area contributed by atoms with E-state index in [-0.39, 0.29) is 5.41 Å². The van der Waals surface area contributed by atoms with Crippen LogP contribution in [0, 0.1) is 6.92 Å². The summed E-state index contributed by atoms with van der Waals surface area (Å²) in [6, 6.07) is 69.2. The molecule has 1 aliphatic rings. The zero-order valence-electron chi connectivity index (χ0n) is 32.8. The van der Waals surface area contributed by atoms with Crippen molar-refractivity contribution in [3.05, 3.63) is 211 Å². The van der Waals surface area contributed by atoms with E-state index in [0.717, 1.165) is 78.4 Å². The van der Waals surface area contributed by atoms with E-state index >= 15 is 0 Å². The van der Waals surface area contributed by atoms with Gasteiger partial charge in [-0.2, -0.15) is 0 Å². The lowest BCUT2D eigenvalue weighted by Gasteiger charge is -2.21. The van der Waals surface area contributed by atoms with Crippen LogP contribution in [0.15, 0.2) is 194 Å². The number of aromatic nitrogens is 3. The van der Waals surface area contributed by atoms with E-state index in [1.807, 2.05) is 25.1 Å². The van der Waals surface area contributed by atoms with Crippen molar-refractivity contribution in [2.45, 2.75) is 26.2 Å². The lowest BCUT2D eigenvalue weighted by molar-refractivity contribution is 0.660. The Balaban J connectivity index is 1.12. The molecular weight excluding hydrogens is 703 g/mol. The van der Waals surface area contributed by atoms with Gasteiger partial charge in [0.1, 0.15) is 0 Å². The van der Waals surface area contributed by atoms with Gasteiger partial charge in [0.25, 0.3) is 0 Å². The third-order valence-corrected chi connectivity index (χ3v) is 11.6. The largest absolute Gasteiger partial charge is 0.253 e. The standard InChI is InChI=1S/C55H41N3/c1-36-14-12-23-51(56-36)43-20-13-19-41(30-43)37-24-26-38(27-25-37)44-31-45(42-28-29-50-48(34-42)47-21-10-11-22-49(47)55(50,2)3)33-46(32-44)54-57-52(39-15-6-4-7-16-39)35-53(58-54)40-17-8-5-9-18-40/h4-35H,1-3H3. The van der Waals surface area contributed by atoms with Gasteiger partial charge in [0, 0.05) is 33.4 Å². The summed E-state index contributed by atoms with van der Waals surface area (Å²) < 4.78 is 0. The van der Waals surface area contributed by atoms with Crippen LogP contribution in [0.1, 0.15) is 30.7 Å². The molecule has 58 heavy (non-hydrogen) atoms. The molecule has 1 aliphatic carbocycles. The molecule has 0 saturated carbocycles. The van der Waals surface area contributed by atoms with Crippen LogP contribution in [0.3, 0.4) is 0 Å². The third kappa shape index (κ3) is 6.51. The summed E-state index contributed by atoms with van der Waals surface area (Å²) in [6.07, 6.45) is 0. The average Bonchev–Trinajstić information content (AvgIpc) is 3.52. The minimum Gasteiger partial charge on any atom is -0.253 e. The molecule has 0 amide bonds. The molecule has 10 rings (SSSR count). The number of benzene rings is 7. The van der Waals surface area contributed by atoms with Gasteiger partial charge in [-0.15, -0.1) is 0 Å². The molecule has 0 atom stereocenters. The Labute approximate surface area is 340 Å². The number of aryl methyl sites for hydroxylation is 1. The van der Waals surface area contributed by atoms with Crippen molar-refractivity contribution in [3.8, 4) is 89.7 Å². The maximum Gasteiger partial charge on any atom is 0.160 e. The third-order valence-electron chi connectivity index (χ3n) is 11.6. The molecule has 2 heterocycles. The van der Waals surface area contributed by atoms with Crippen molar-refractivity contribution in [3.63, 3.8) is 0 Å². The lowest BCUT2D eigenvalue weighted by Crippen LogP contribution is -2.14. The molecule has 2 aromatic heterocycles. The van der Waals surface area contributed by atoms with Gasteiger partial charge in [-0.25, -0.2) is 9.97 Å². The molecule has 0 N–H and O–H groups in total. The Morgan fingerprint density at radius 1 is 0.310 bits per heavy atom. The zero-order valence-corrected chi connectivity index (χ0v) is 32.8. The molecule has 0 unspecified atom stereocenters. The average molecular weight is 744 g/mol.